The maximum Gasteiger partial charge on any atom is 0.407 e. The van der Waals surface area contributed by atoms with E-state index in [0.29, 0.717) is 24.5 Å². The first-order valence-electron chi connectivity index (χ1n) is 7.04. The standard InChI is InChI=1S/C15H22FN3O2/c1-15(2,3)21-14(20)18-11-6-7-19(9-11)13-5-4-10(17)8-12(13)16/h4-5,8,11H,6-7,9,17H2,1-3H3,(H,18,20)/t11-/m0/s1. The third kappa shape index (κ3) is 4.24. The zero-order chi connectivity index (χ0) is 15.6. The third-order valence-corrected chi connectivity index (χ3v) is 3.22. The molecule has 1 aromatic carbocycles. The van der Waals surface area contributed by atoms with E-state index in [4.69, 9.17) is 10.5 Å². The normalized spacial score (nSPS) is 18.7. The van der Waals surface area contributed by atoms with E-state index in [0.717, 1.165) is 6.42 Å². The smallest absolute Gasteiger partial charge is 0.407 e. The molecule has 0 aromatic heterocycles. The van der Waals surface area contributed by atoms with Crippen molar-refractivity contribution in [2.75, 3.05) is 23.7 Å². The molecule has 0 bridgehead atoms. The summed E-state index contributed by atoms with van der Waals surface area (Å²) >= 11 is 0. The molecule has 6 heteroatoms. The first kappa shape index (κ1) is 15.4. The molecule has 1 saturated heterocycles. The lowest BCUT2D eigenvalue weighted by Gasteiger charge is -2.22. The molecule has 0 spiro atoms. The number of nitrogens with one attached hydrogen (secondary N) is 1. The van der Waals surface area contributed by atoms with Gasteiger partial charge in [-0.25, -0.2) is 9.18 Å². The number of halogens is 1. The minimum Gasteiger partial charge on any atom is -0.444 e. The number of hydrogen-bond acceptors (Lipinski definition) is 4. The topological polar surface area (TPSA) is 67.6 Å². The zero-order valence-electron chi connectivity index (χ0n) is 12.6. The Morgan fingerprint density at radius 1 is 1.48 bits per heavy atom. The molecule has 1 aliphatic heterocycles. The molecule has 0 saturated carbocycles. The van der Waals surface area contributed by atoms with Gasteiger partial charge in [-0.2, -0.15) is 0 Å². The number of nitrogens with zero attached hydrogens (tertiary/aromatic N) is 1. The molecule has 1 amide bonds. The molecule has 1 fully saturated rings. The van der Waals surface area contributed by atoms with Crippen molar-refractivity contribution in [3.8, 4) is 0 Å². The van der Waals surface area contributed by atoms with Gasteiger partial charge in [0, 0.05) is 18.8 Å². The lowest BCUT2D eigenvalue weighted by atomic mass is 10.2. The highest BCUT2D eigenvalue weighted by Gasteiger charge is 2.27. The second-order valence-electron chi connectivity index (χ2n) is 6.29. The van der Waals surface area contributed by atoms with Crippen molar-refractivity contribution in [2.45, 2.75) is 38.8 Å². The van der Waals surface area contributed by atoms with E-state index in [9.17, 15) is 9.18 Å². The van der Waals surface area contributed by atoms with Gasteiger partial charge in [-0.15, -0.1) is 0 Å². The van der Waals surface area contributed by atoms with E-state index in [1.165, 1.54) is 6.07 Å². The van der Waals surface area contributed by atoms with Gasteiger partial charge in [-0.1, -0.05) is 0 Å². The maximum absolute atomic E-state index is 13.9. The monoisotopic (exact) mass is 295 g/mol. The summed E-state index contributed by atoms with van der Waals surface area (Å²) in [5, 5.41) is 2.82. The van der Waals surface area contributed by atoms with Crippen molar-refractivity contribution in [1.82, 2.24) is 5.32 Å². The largest absolute Gasteiger partial charge is 0.444 e. The van der Waals surface area contributed by atoms with E-state index in [1.54, 1.807) is 12.1 Å². The van der Waals surface area contributed by atoms with Gasteiger partial charge in [0.2, 0.25) is 0 Å². The molecule has 0 unspecified atom stereocenters. The molecule has 1 aliphatic rings. The van der Waals surface area contributed by atoms with Gasteiger partial charge in [-0.05, 0) is 45.4 Å². The van der Waals surface area contributed by atoms with Crippen LogP contribution >= 0.6 is 0 Å². The highest BCUT2D eigenvalue weighted by molar-refractivity contribution is 5.68. The van der Waals surface area contributed by atoms with Crippen LogP contribution in [0.5, 0.6) is 0 Å². The Bertz CT molecular complexity index is 528. The lowest BCUT2D eigenvalue weighted by molar-refractivity contribution is 0.0509. The number of carbonyl (C=O) groups excluding carboxylic acids is 1. The van der Waals surface area contributed by atoms with Crippen molar-refractivity contribution in [3.63, 3.8) is 0 Å². The van der Waals surface area contributed by atoms with Crippen molar-refractivity contribution in [1.29, 1.82) is 0 Å². The average molecular weight is 295 g/mol. The van der Waals surface area contributed by atoms with Crippen LogP contribution < -0.4 is 16.0 Å². The molecule has 1 atom stereocenters. The number of amides is 1. The lowest BCUT2D eigenvalue weighted by Crippen LogP contribution is -2.40. The Hall–Kier alpha value is -1.98. The maximum atomic E-state index is 13.9. The average Bonchev–Trinajstić information content (AvgIpc) is 2.74. The van der Waals surface area contributed by atoms with Crippen molar-refractivity contribution < 1.29 is 13.9 Å². The number of nitrogen functional groups attached to an aromatic ring is 1. The Labute approximate surface area is 124 Å². The van der Waals surface area contributed by atoms with Crippen molar-refractivity contribution >= 4 is 17.5 Å². The number of alkyl carbamates (subject to hydrolysis) is 1. The van der Waals surface area contributed by atoms with E-state index < -0.39 is 11.7 Å². The van der Waals surface area contributed by atoms with Gasteiger partial charge >= 0.3 is 6.09 Å². The first-order chi connectivity index (χ1) is 9.74. The van der Waals surface area contributed by atoms with Gasteiger partial charge in [0.15, 0.2) is 0 Å². The van der Waals surface area contributed by atoms with Crippen LogP contribution in [0.4, 0.5) is 20.6 Å². The number of hydrogen-bond donors (Lipinski definition) is 2. The summed E-state index contributed by atoms with van der Waals surface area (Å²) in [6.07, 6.45) is 0.315. The molecule has 2 rings (SSSR count). The number of anilines is 2. The molecular formula is C15H22FN3O2. The minimum absolute atomic E-state index is 0.0446. The fraction of sp³-hybridized carbons (Fsp3) is 0.533. The van der Waals surface area contributed by atoms with Crippen LogP contribution in [0.3, 0.4) is 0 Å². The van der Waals surface area contributed by atoms with E-state index >= 15 is 0 Å². The van der Waals surface area contributed by atoms with Crippen LogP contribution in [0.2, 0.25) is 0 Å². The predicted molar refractivity (Wildman–Crippen MR) is 80.8 cm³/mol. The van der Waals surface area contributed by atoms with Gasteiger partial charge in [-0.3, -0.25) is 0 Å². The van der Waals surface area contributed by atoms with Gasteiger partial charge in [0.25, 0.3) is 0 Å². The Balaban J connectivity index is 1.93. The van der Waals surface area contributed by atoms with E-state index in [2.05, 4.69) is 5.32 Å². The van der Waals surface area contributed by atoms with E-state index in [-0.39, 0.29) is 11.9 Å². The minimum atomic E-state index is -0.522. The van der Waals surface area contributed by atoms with Gasteiger partial charge < -0.3 is 20.7 Å². The third-order valence-electron chi connectivity index (χ3n) is 3.22. The molecule has 21 heavy (non-hydrogen) atoms. The first-order valence-corrected chi connectivity index (χ1v) is 7.04. The molecular weight excluding hydrogens is 273 g/mol. The highest BCUT2D eigenvalue weighted by Crippen LogP contribution is 2.25. The van der Waals surface area contributed by atoms with Crippen LogP contribution in [0.15, 0.2) is 18.2 Å². The van der Waals surface area contributed by atoms with Crippen LogP contribution in [-0.4, -0.2) is 30.8 Å². The number of nitrogens with two attached hydrogens (primary N) is 1. The SMILES string of the molecule is CC(C)(C)OC(=O)N[C@H]1CCN(c2ccc(N)cc2F)C1. The summed E-state index contributed by atoms with van der Waals surface area (Å²) in [7, 11) is 0. The van der Waals surface area contributed by atoms with Gasteiger partial charge in [0.1, 0.15) is 11.4 Å². The second kappa shape index (κ2) is 5.79. The predicted octanol–water partition coefficient (Wildman–Crippen LogP) is 2.51. The molecule has 3 N–H and O–H groups in total. The number of carbonyl (C=O) groups is 1. The summed E-state index contributed by atoms with van der Waals surface area (Å²) < 4.78 is 19.1. The summed E-state index contributed by atoms with van der Waals surface area (Å²) in [5.74, 6) is -0.340. The summed E-state index contributed by atoms with van der Waals surface area (Å²) in [4.78, 5) is 13.6. The fourth-order valence-electron chi connectivity index (χ4n) is 2.35. The molecule has 5 nitrogen and oxygen atoms in total. The molecule has 1 heterocycles. The fourth-order valence-corrected chi connectivity index (χ4v) is 2.35. The Kier molecular flexibility index (Phi) is 4.25. The van der Waals surface area contributed by atoms with Crippen LogP contribution in [0.1, 0.15) is 27.2 Å². The molecule has 1 aromatic rings. The Morgan fingerprint density at radius 2 is 2.19 bits per heavy atom. The summed E-state index contributed by atoms with van der Waals surface area (Å²) in [6.45, 7) is 6.69. The Morgan fingerprint density at radius 3 is 2.81 bits per heavy atom. The van der Waals surface area contributed by atoms with Crippen LogP contribution in [0, 0.1) is 5.82 Å². The van der Waals surface area contributed by atoms with E-state index in [1.807, 2.05) is 25.7 Å². The number of rotatable bonds is 2. The highest BCUT2D eigenvalue weighted by atomic mass is 19.1. The van der Waals surface area contributed by atoms with Crippen LogP contribution in [0.25, 0.3) is 0 Å². The summed E-state index contributed by atoms with van der Waals surface area (Å²) in [6, 6.07) is 4.61. The van der Waals surface area contributed by atoms with Crippen molar-refractivity contribution in [2.24, 2.45) is 0 Å². The molecule has 0 radical (unpaired) electrons. The molecule has 116 valence electrons. The van der Waals surface area contributed by atoms with Crippen LogP contribution in [-0.2, 0) is 4.74 Å². The summed E-state index contributed by atoms with van der Waals surface area (Å²) in [5.41, 5.74) is 5.94. The molecule has 0 aliphatic carbocycles. The second-order valence-corrected chi connectivity index (χ2v) is 6.29. The quantitative estimate of drug-likeness (QED) is 0.823. The number of ether oxygens (including phenoxy) is 1. The van der Waals surface area contributed by atoms with Crippen molar-refractivity contribution in [3.05, 3.63) is 24.0 Å². The number of benzene rings is 1. The zero-order valence-corrected chi connectivity index (χ0v) is 12.6. The van der Waals surface area contributed by atoms with Gasteiger partial charge in [0.05, 0.1) is 11.7 Å².